The SMILES string of the molecule is C=C1/C=C\C=C/C/C=C\C(N(c2ccc(-c3ccc(-n4c5ccccc5c5ccccc54)cc3)cc2)c2ccc3ccccc3c2)=C/1. The molecule has 1 aromatic heterocycles. The van der Waals surface area contributed by atoms with E-state index in [4.69, 9.17) is 0 Å². The van der Waals surface area contributed by atoms with Crippen molar-refractivity contribution in [3.63, 3.8) is 0 Å². The van der Waals surface area contributed by atoms with E-state index in [0.717, 1.165) is 34.8 Å². The molecule has 0 amide bonds. The summed E-state index contributed by atoms with van der Waals surface area (Å²) in [7, 11) is 0. The molecule has 1 aliphatic carbocycles. The average molecular weight is 603 g/mol. The molecule has 7 aromatic rings. The van der Waals surface area contributed by atoms with Crippen LogP contribution in [0.15, 0.2) is 200 Å². The second-order valence-corrected chi connectivity index (χ2v) is 11.9. The van der Waals surface area contributed by atoms with Gasteiger partial charge in [0, 0.05) is 33.5 Å². The molecule has 0 bridgehead atoms. The third-order valence-electron chi connectivity index (χ3n) is 8.87. The van der Waals surface area contributed by atoms with Gasteiger partial charge in [-0.3, -0.25) is 0 Å². The molecular weight excluding hydrogens is 569 g/mol. The van der Waals surface area contributed by atoms with Gasteiger partial charge in [0.05, 0.1) is 11.0 Å². The highest BCUT2D eigenvalue weighted by molar-refractivity contribution is 6.09. The van der Waals surface area contributed by atoms with Crippen molar-refractivity contribution in [1.29, 1.82) is 0 Å². The lowest BCUT2D eigenvalue weighted by Crippen LogP contribution is -2.15. The third-order valence-corrected chi connectivity index (χ3v) is 8.87. The van der Waals surface area contributed by atoms with Gasteiger partial charge in [0.25, 0.3) is 0 Å². The van der Waals surface area contributed by atoms with Gasteiger partial charge in [-0.25, -0.2) is 0 Å². The maximum Gasteiger partial charge on any atom is 0.0541 e. The van der Waals surface area contributed by atoms with Crippen LogP contribution in [0.25, 0.3) is 49.4 Å². The minimum Gasteiger partial charge on any atom is -0.310 e. The van der Waals surface area contributed by atoms with Crippen molar-refractivity contribution in [1.82, 2.24) is 4.57 Å². The minimum absolute atomic E-state index is 0.864. The first-order chi connectivity index (χ1) is 23.2. The predicted molar refractivity (Wildman–Crippen MR) is 202 cm³/mol. The Morgan fingerprint density at radius 1 is 0.532 bits per heavy atom. The van der Waals surface area contributed by atoms with E-state index in [-0.39, 0.29) is 0 Å². The maximum atomic E-state index is 4.31. The standard InChI is InChI=1S/C45H34N2/c1-33-13-5-3-2-4-6-16-40(31-33)46(41-30-25-34-14-7-8-15-37(34)32-41)38-26-21-35(22-27-38)36-23-28-39(29-24-36)47-44-19-11-9-17-42(44)43-18-10-12-20-45(43)47/h2-3,5-32H,1,4H2/b3-2-,13-5-,16-6-,40-31+. The molecule has 2 nitrogen and oxygen atoms in total. The Morgan fingerprint density at radius 2 is 1.15 bits per heavy atom. The van der Waals surface area contributed by atoms with Crippen molar-refractivity contribution in [3.8, 4) is 16.8 Å². The van der Waals surface area contributed by atoms with Crippen LogP contribution in [0.2, 0.25) is 0 Å². The lowest BCUT2D eigenvalue weighted by Gasteiger charge is -2.27. The highest BCUT2D eigenvalue weighted by Gasteiger charge is 2.15. The number of allylic oxidation sites excluding steroid dienone is 8. The number of aromatic nitrogens is 1. The number of rotatable bonds is 5. The summed E-state index contributed by atoms with van der Waals surface area (Å²) in [5.74, 6) is 0. The largest absolute Gasteiger partial charge is 0.310 e. The zero-order chi connectivity index (χ0) is 31.6. The van der Waals surface area contributed by atoms with Crippen LogP contribution >= 0.6 is 0 Å². The summed E-state index contributed by atoms with van der Waals surface area (Å²) in [5.41, 5.74) is 10.2. The van der Waals surface area contributed by atoms with E-state index in [1.54, 1.807) is 0 Å². The Kier molecular flexibility index (Phi) is 7.45. The summed E-state index contributed by atoms with van der Waals surface area (Å²) in [4.78, 5) is 2.32. The Bertz CT molecular complexity index is 2330. The van der Waals surface area contributed by atoms with Crippen LogP contribution in [0.1, 0.15) is 6.42 Å². The summed E-state index contributed by atoms with van der Waals surface area (Å²) in [6.07, 6.45) is 15.8. The first-order valence-corrected chi connectivity index (χ1v) is 16.1. The molecule has 0 saturated carbocycles. The molecule has 0 N–H and O–H groups in total. The van der Waals surface area contributed by atoms with E-state index in [2.05, 4.69) is 198 Å². The monoisotopic (exact) mass is 602 g/mol. The summed E-state index contributed by atoms with van der Waals surface area (Å²) in [6, 6.07) is 50.3. The van der Waals surface area contributed by atoms with Crippen LogP contribution in [0.3, 0.4) is 0 Å². The Balaban J connectivity index is 1.17. The average Bonchev–Trinajstić information content (AvgIpc) is 3.46. The number of anilines is 2. The summed E-state index contributed by atoms with van der Waals surface area (Å²) < 4.78 is 2.36. The van der Waals surface area contributed by atoms with Gasteiger partial charge in [-0.15, -0.1) is 0 Å². The van der Waals surface area contributed by atoms with Crippen LogP contribution in [0.5, 0.6) is 0 Å². The zero-order valence-electron chi connectivity index (χ0n) is 26.1. The van der Waals surface area contributed by atoms with Crippen molar-refractivity contribution >= 4 is 44.0 Å². The Labute approximate surface area is 275 Å². The molecule has 6 aromatic carbocycles. The lowest BCUT2D eigenvalue weighted by molar-refractivity contribution is 1.18. The van der Waals surface area contributed by atoms with Gasteiger partial charge >= 0.3 is 0 Å². The van der Waals surface area contributed by atoms with E-state index in [9.17, 15) is 0 Å². The topological polar surface area (TPSA) is 8.17 Å². The maximum absolute atomic E-state index is 4.31. The Hall–Kier alpha value is -6.12. The van der Waals surface area contributed by atoms with Gasteiger partial charge in [-0.2, -0.15) is 0 Å². The summed E-state index contributed by atoms with van der Waals surface area (Å²) >= 11 is 0. The molecule has 224 valence electrons. The molecule has 0 saturated heterocycles. The van der Waals surface area contributed by atoms with Gasteiger partial charge in [-0.05, 0) is 94.6 Å². The second-order valence-electron chi connectivity index (χ2n) is 11.9. The third kappa shape index (κ3) is 5.51. The van der Waals surface area contributed by atoms with Crippen LogP contribution in [-0.4, -0.2) is 4.57 Å². The van der Waals surface area contributed by atoms with E-state index < -0.39 is 0 Å². The molecule has 47 heavy (non-hydrogen) atoms. The summed E-state index contributed by atoms with van der Waals surface area (Å²) in [6.45, 7) is 4.31. The predicted octanol–water partition coefficient (Wildman–Crippen LogP) is 12.3. The van der Waals surface area contributed by atoms with Crippen molar-refractivity contribution in [2.24, 2.45) is 0 Å². The second kappa shape index (κ2) is 12.3. The molecule has 0 aliphatic heterocycles. The first-order valence-electron chi connectivity index (χ1n) is 16.1. The molecule has 0 radical (unpaired) electrons. The molecule has 8 rings (SSSR count). The molecule has 0 spiro atoms. The fourth-order valence-corrected chi connectivity index (χ4v) is 6.60. The molecule has 2 heteroatoms. The number of hydrogen-bond donors (Lipinski definition) is 0. The van der Waals surface area contributed by atoms with Gasteiger partial charge in [-0.1, -0.05) is 128 Å². The van der Waals surface area contributed by atoms with Crippen molar-refractivity contribution < 1.29 is 0 Å². The van der Waals surface area contributed by atoms with Gasteiger partial charge in [0.1, 0.15) is 0 Å². The van der Waals surface area contributed by atoms with Gasteiger partial charge in [0.15, 0.2) is 0 Å². The molecule has 0 unspecified atom stereocenters. The minimum atomic E-state index is 0.864. The molecule has 1 aliphatic rings. The quantitative estimate of drug-likeness (QED) is 0.190. The van der Waals surface area contributed by atoms with Crippen molar-refractivity contribution in [3.05, 3.63) is 200 Å². The molecular formula is C45H34N2. The van der Waals surface area contributed by atoms with Crippen LogP contribution in [0.4, 0.5) is 11.4 Å². The van der Waals surface area contributed by atoms with E-state index in [1.165, 1.54) is 43.7 Å². The molecule has 0 atom stereocenters. The van der Waals surface area contributed by atoms with Gasteiger partial charge in [0.2, 0.25) is 0 Å². The van der Waals surface area contributed by atoms with Crippen LogP contribution in [0, 0.1) is 0 Å². The van der Waals surface area contributed by atoms with E-state index >= 15 is 0 Å². The zero-order valence-corrected chi connectivity index (χ0v) is 26.1. The molecule has 1 heterocycles. The number of hydrogen-bond acceptors (Lipinski definition) is 1. The van der Waals surface area contributed by atoms with Gasteiger partial charge < -0.3 is 9.47 Å². The van der Waals surface area contributed by atoms with E-state index in [0.29, 0.717) is 0 Å². The lowest BCUT2D eigenvalue weighted by atomic mass is 10.0. The number of fused-ring (bicyclic) bond motifs is 4. The fraction of sp³-hybridized carbons (Fsp3) is 0.0222. The number of para-hydroxylation sites is 2. The van der Waals surface area contributed by atoms with Crippen molar-refractivity contribution in [2.75, 3.05) is 4.90 Å². The fourth-order valence-electron chi connectivity index (χ4n) is 6.60. The first kappa shape index (κ1) is 28.4. The van der Waals surface area contributed by atoms with Crippen molar-refractivity contribution in [2.45, 2.75) is 6.42 Å². The van der Waals surface area contributed by atoms with Crippen LogP contribution in [-0.2, 0) is 0 Å². The molecule has 0 fully saturated rings. The normalized spacial score (nSPS) is 16.5. The van der Waals surface area contributed by atoms with Crippen LogP contribution < -0.4 is 4.90 Å². The van der Waals surface area contributed by atoms with E-state index in [1.807, 2.05) is 0 Å². The highest BCUT2D eigenvalue weighted by Crippen LogP contribution is 2.36. The smallest absolute Gasteiger partial charge is 0.0541 e. The number of benzene rings is 6. The Morgan fingerprint density at radius 3 is 1.87 bits per heavy atom. The highest BCUT2D eigenvalue weighted by atomic mass is 15.1. The summed E-state index contributed by atoms with van der Waals surface area (Å²) in [5, 5.41) is 4.98. The number of nitrogens with zero attached hydrogens (tertiary/aromatic N) is 2.